The molecule has 2 aromatic heterocycles. The number of thiazole rings is 1. The van der Waals surface area contributed by atoms with Crippen LogP contribution in [0.3, 0.4) is 0 Å². The van der Waals surface area contributed by atoms with Crippen LogP contribution in [0.1, 0.15) is 27.8 Å². The minimum Gasteiger partial charge on any atom is -0.361 e. The predicted octanol–water partition coefficient (Wildman–Crippen LogP) is 3.08. The van der Waals surface area contributed by atoms with Crippen LogP contribution in [0.15, 0.2) is 35.8 Å². The van der Waals surface area contributed by atoms with Crippen molar-refractivity contribution in [3.8, 4) is 0 Å². The number of benzene rings is 1. The van der Waals surface area contributed by atoms with Gasteiger partial charge in [0.2, 0.25) is 0 Å². The lowest BCUT2D eigenvalue weighted by molar-refractivity contribution is 0.100. The molecule has 0 aliphatic carbocycles. The maximum atomic E-state index is 12.3. The Balaban J connectivity index is 1.89. The molecule has 0 unspecified atom stereocenters. The van der Waals surface area contributed by atoms with Gasteiger partial charge in [0.1, 0.15) is 5.69 Å². The molecule has 6 heteroatoms. The average Bonchev–Trinajstić information content (AvgIpc) is 3.05. The van der Waals surface area contributed by atoms with Crippen LogP contribution in [0.4, 0.5) is 5.13 Å². The number of aromatic nitrogens is 2. The number of nitrogens with zero attached hydrogens (tertiary/aromatic N) is 1. The highest BCUT2D eigenvalue weighted by Crippen LogP contribution is 2.21. The SMILES string of the molecule is CC(=O)c1csc(NC(=O)c2cccc3[nH]ccc23)n1. The molecule has 0 radical (unpaired) electrons. The number of hydrogen-bond acceptors (Lipinski definition) is 4. The van der Waals surface area contributed by atoms with E-state index in [1.165, 1.54) is 18.3 Å². The lowest BCUT2D eigenvalue weighted by atomic mass is 10.1. The number of fused-ring (bicyclic) bond motifs is 1. The first-order valence-corrected chi connectivity index (χ1v) is 6.87. The van der Waals surface area contributed by atoms with E-state index in [0.717, 1.165) is 10.9 Å². The fourth-order valence-electron chi connectivity index (χ4n) is 1.94. The molecule has 0 saturated heterocycles. The largest absolute Gasteiger partial charge is 0.361 e. The van der Waals surface area contributed by atoms with Gasteiger partial charge in [0.05, 0.1) is 0 Å². The topological polar surface area (TPSA) is 74.8 Å². The number of hydrogen-bond donors (Lipinski definition) is 2. The number of amides is 1. The van der Waals surface area contributed by atoms with Crippen LogP contribution in [0.25, 0.3) is 10.9 Å². The Bertz CT molecular complexity index is 803. The van der Waals surface area contributed by atoms with Crippen LogP contribution < -0.4 is 5.32 Å². The third-order valence-electron chi connectivity index (χ3n) is 2.92. The predicted molar refractivity (Wildman–Crippen MR) is 78.4 cm³/mol. The van der Waals surface area contributed by atoms with Crippen molar-refractivity contribution in [2.45, 2.75) is 6.92 Å². The summed E-state index contributed by atoms with van der Waals surface area (Å²) in [4.78, 5) is 30.6. The van der Waals surface area contributed by atoms with Gasteiger partial charge in [-0.3, -0.25) is 14.9 Å². The third kappa shape index (κ3) is 2.21. The van der Waals surface area contributed by atoms with Gasteiger partial charge in [-0.25, -0.2) is 4.98 Å². The summed E-state index contributed by atoms with van der Waals surface area (Å²) >= 11 is 1.24. The Labute approximate surface area is 118 Å². The number of rotatable bonds is 3. The van der Waals surface area contributed by atoms with Crippen molar-refractivity contribution >= 4 is 39.1 Å². The van der Waals surface area contributed by atoms with Crippen LogP contribution in [0.5, 0.6) is 0 Å². The molecule has 1 amide bonds. The number of nitrogens with one attached hydrogen (secondary N) is 2. The zero-order valence-electron chi connectivity index (χ0n) is 10.6. The highest BCUT2D eigenvalue weighted by molar-refractivity contribution is 7.14. The highest BCUT2D eigenvalue weighted by Gasteiger charge is 2.13. The van der Waals surface area contributed by atoms with E-state index < -0.39 is 0 Å². The van der Waals surface area contributed by atoms with Crippen LogP contribution in [-0.4, -0.2) is 21.7 Å². The molecule has 2 heterocycles. The monoisotopic (exact) mass is 285 g/mol. The van der Waals surface area contributed by atoms with E-state index in [2.05, 4.69) is 15.3 Å². The minimum atomic E-state index is -0.236. The van der Waals surface area contributed by atoms with Gasteiger partial charge in [0.15, 0.2) is 10.9 Å². The van der Waals surface area contributed by atoms with E-state index in [-0.39, 0.29) is 11.7 Å². The quantitative estimate of drug-likeness (QED) is 0.726. The zero-order chi connectivity index (χ0) is 14.1. The summed E-state index contributed by atoms with van der Waals surface area (Å²) in [5, 5.41) is 5.63. The van der Waals surface area contributed by atoms with Crippen molar-refractivity contribution in [2.24, 2.45) is 0 Å². The van der Waals surface area contributed by atoms with Crippen LogP contribution in [0, 0.1) is 0 Å². The molecule has 0 atom stereocenters. The van der Waals surface area contributed by atoms with Crippen molar-refractivity contribution in [1.29, 1.82) is 0 Å². The van der Waals surface area contributed by atoms with Gasteiger partial charge < -0.3 is 4.98 Å². The summed E-state index contributed by atoms with van der Waals surface area (Å²) in [7, 11) is 0. The number of aromatic amines is 1. The molecule has 0 spiro atoms. The number of carbonyl (C=O) groups is 2. The fraction of sp³-hybridized carbons (Fsp3) is 0.0714. The van der Waals surface area contributed by atoms with Crippen molar-refractivity contribution < 1.29 is 9.59 Å². The highest BCUT2D eigenvalue weighted by atomic mass is 32.1. The van der Waals surface area contributed by atoms with Crippen molar-refractivity contribution in [3.63, 3.8) is 0 Å². The van der Waals surface area contributed by atoms with E-state index in [0.29, 0.717) is 16.4 Å². The van der Waals surface area contributed by atoms with Crippen molar-refractivity contribution in [3.05, 3.63) is 47.1 Å². The first-order chi connectivity index (χ1) is 9.65. The molecule has 0 bridgehead atoms. The van der Waals surface area contributed by atoms with Gasteiger partial charge in [0.25, 0.3) is 5.91 Å². The zero-order valence-corrected chi connectivity index (χ0v) is 11.5. The van der Waals surface area contributed by atoms with Gasteiger partial charge >= 0.3 is 0 Å². The Morgan fingerprint density at radius 2 is 2.15 bits per heavy atom. The smallest absolute Gasteiger partial charge is 0.258 e. The van der Waals surface area contributed by atoms with Crippen molar-refractivity contribution in [2.75, 3.05) is 5.32 Å². The molecule has 0 aliphatic rings. The molecule has 0 aliphatic heterocycles. The maximum absolute atomic E-state index is 12.3. The molecule has 3 rings (SSSR count). The second-order valence-electron chi connectivity index (χ2n) is 4.29. The van der Waals surface area contributed by atoms with Crippen LogP contribution in [-0.2, 0) is 0 Å². The normalized spacial score (nSPS) is 10.7. The van der Waals surface area contributed by atoms with Gasteiger partial charge in [-0.1, -0.05) is 6.07 Å². The standard InChI is InChI=1S/C14H11N3O2S/c1-8(18)12-7-20-14(16-12)17-13(19)10-3-2-4-11-9(10)5-6-15-11/h2-7,15H,1H3,(H,16,17,19). The van der Waals surface area contributed by atoms with Gasteiger partial charge in [0, 0.05) is 35.0 Å². The van der Waals surface area contributed by atoms with E-state index in [1.807, 2.05) is 18.2 Å². The van der Waals surface area contributed by atoms with Gasteiger partial charge in [-0.15, -0.1) is 11.3 Å². The number of carbonyl (C=O) groups excluding carboxylic acids is 2. The molecule has 3 aromatic rings. The Morgan fingerprint density at radius 3 is 2.90 bits per heavy atom. The van der Waals surface area contributed by atoms with Gasteiger partial charge in [-0.2, -0.15) is 0 Å². The molecule has 2 N–H and O–H groups in total. The van der Waals surface area contributed by atoms with Gasteiger partial charge in [-0.05, 0) is 18.2 Å². The summed E-state index contributed by atoms with van der Waals surface area (Å²) in [6.07, 6.45) is 1.79. The van der Waals surface area contributed by atoms with E-state index in [9.17, 15) is 9.59 Å². The van der Waals surface area contributed by atoms with Crippen LogP contribution in [0.2, 0.25) is 0 Å². The second kappa shape index (κ2) is 4.90. The summed E-state index contributed by atoms with van der Waals surface area (Å²) in [5.41, 5.74) is 1.84. The summed E-state index contributed by atoms with van der Waals surface area (Å²) in [6.45, 7) is 1.45. The Hall–Kier alpha value is -2.47. The molecule has 0 saturated carbocycles. The second-order valence-corrected chi connectivity index (χ2v) is 5.15. The molecule has 1 aromatic carbocycles. The Morgan fingerprint density at radius 1 is 1.30 bits per heavy atom. The molecule has 5 nitrogen and oxygen atoms in total. The first kappa shape index (κ1) is 12.6. The lowest BCUT2D eigenvalue weighted by Gasteiger charge is -2.03. The third-order valence-corrected chi connectivity index (χ3v) is 3.68. The van der Waals surface area contributed by atoms with E-state index in [4.69, 9.17) is 0 Å². The molecular formula is C14H11N3O2S. The number of anilines is 1. The number of Topliss-reactive ketones (excluding diaryl/α,β-unsaturated/α-hetero) is 1. The average molecular weight is 285 g/mol. The minimum absolute atomic E-state index is 0.116. The fourth-order valence-corrected chi connectivity index (χ4v) is 2.69. The molecular weight excluding hydrogens is 274 g/mol. The molecule has 0 fully saturated rings. The summed E-state index contributed by atoms with van der Waals surface area (Å²) in [6, 6.07) is 7.33. The Kier molecular flexibility index (Phi) is 3.08. The molecule has 20 heavy (non-hydrogen) atoms. The van der Waals surface area contributed by atoms with Crippen molar-refractivity contribution in [1.82, 2.24) is 9.97 Å². The summed E-state index contributed by atoms with van der Waals surface area (Å²) < 4.78 is 0. The summed E-state index contributed by atoms with van der Waals surface area (Å²) in [5.74, 6) is -0.353. The molecule has 100 valence electrons. The lowest BCUT2D eigenvalue weighted by Crippen LogP contribution is -2.12. The van der Waals surface area contributed by atoms with E-state index >= 15 is 0 Å². The van der Waals surface area contributed by atoms with E-state index in [1.54, 1.807) is 17.6 Å². The first-order valence-electron chi connectivity index (χ1n) is 5.99. The van der Waals surface area contributed by atoms with Crippen LogP contribution >= 0.6 is 11.3 Å². The maximum Gasteiger partial charge on any atom is 0.258 e. The number of H-pyrrole nitrogens is 1. The number of ketones is 1.